The lowest BCUT2D eigenvalue weighted by Gasteiger charge is -2.13. The van der Waals surface area contributed by atoms with Gasteiger partial charge in [-0.05, 0) is 24.1 Å². The van der Waals surface area contributed by atoms with Gasteiger partial charge < -0.3 is 10.1 Å². The van der Waals surface area contributed by atoms with Crippen LogP contribution in [0.1, 0.15) is 18.0 Å². The van der Waals surface area contributed by atoms with Crippen LogP contribution in [0.4, 0.5) is 5.69 Å². The maximum absolute atomic E-state index is 12.8. The van der Waals surface area contributed by atoms with Gasteiger partial charge >= 0.3 is 0 Å². The quantitative estimate of drug-likeness (QED) is 0.676. The van der Waals surface area contributed by atoms with Crippen LogP contribution in [0, 0.1) is 0 Å². The van der Waals surface area contributed by atoms with Crippen molar-refractivity contribution in [1.29, 1.82) is 0 Å². The topological polar surface area (TPSA) is 75.3 Å². The van der Waals surface area contributed by atoms with Crippen LogP contribution >= 0.6 is 0 Å². The summed E-state index contributed by atoms with van der Waals surface area (Å²) in [5.74, 6) is 0.580. The Hall–Kier alpha value is -2.96. The lowest BCUT2D eigenvalue weighted by atomic mass is 10.0. The Labute approximate surface area is 151 Å². The molecular weight excluding hydrogens is 328 g/mol. The molecule has 2 aromatic carbocycles. The molecule has 6 heteroatoms. The number of fused-ring (bicyclic) bond motifs is 1. The van der Waals surface area contributed by atoms with Crippen LogP contribution in [0.25, 0.3) is 10.9 Å². The predicted molar refractivity (Wildman–Crippen MR) is 101 cm³/mol. The molecule has 1 aliphatic heterocycles. The van der Waals surface area contributed by atoms with Gasteiger partial charge in [0.1, 0.15) is 11.8 Å². The van der Waals surface area contributed by atoms with E-state index in [1.54, 1.807) is 19.4 Å². The summed E-state index contributed by atoms with van der Waals surface area (Å²) in [6, 6.07) is 17.4. The number of hydrazine groups is 1. The molecule has 0 saturated carbocycles. The molecule has 1 aliphatic rings. The summed E-state index contributed by atoms with van der Waals surface area (Å²) in [5, 5.41) is 3.91. The average Bonchev–Trinajstić information content (AvgIpc) is 3.19. The van der Waals surface area contributed by atoms with Crippen LogP contribution in [0.5, 0.6) is 5.75 Å². The van der Waals surface area contributed by atoms with Crippen molar-refractivity contribution in [3.8, 4) is 5.75 Å². The van der Waals surface area contributed by atoms with E-state index in [0.717, 1.165) is 16.5 Å². The summed E-state index contributed by atoms with van der Waals surface area (Å²) in [6.07, 6.45) is 2.39. The molecule has 2 unspecified atom stereocenters. The number of hydrogen-bond donors (Lipinski definition) is 3. The van der Waals surface area contributed by atoms with Crippen molar-refractivity contribution in [2.75, 3.05) is 12.4 Å². The highest BCUT2D eigenvalue weighted by molar-refractivity contribution is 6.03. The van der Waals surface area contributed by atoms with Gasteiger partial charge in [-0.25, -0.2) is 10.9 Å². The molecule has 3 aromatic rings. The third kappa shape index (κ3) is 3.24. The van der Waals surface area contributed by atoms with E-state index in [9.17, 15) is 4.79 Å². The van der Waals surface area contributed by atoms with E-state index in [1.807, 2.05) is 36.4 Å². The number of hydrogen-bond acceptors (Lipinski definition) is 5. The van der Waals surface area contributed by atoms with Crippen molar-refractivity contribution in [2.45, 2.75) is 18.5 Å². The highest BCUT2D eigenvalue weighted by Crippen LogP contribution is 2.29. The van der Waals surface area contributed by atoms with Gasteiger partial charge in [-0.1, -0.05) is 36.4 Å². The molecular formula is C20H20N4O2. The second-order valence-electron chi connectivity index (χ2n) is 6.28. The molecule has 0 spiro atoms. The molecule has 4 rings (SSSR count). The largest absolute Gasteiger partial charge is 0.497 e. The third-order valence-corrected chi connectivity index (χ3v) is 4.59. The minimum Gasteiger partial charge on any atom is -0.497 e. The highest BCUT2D eigenvalue weighted by Gasteiger charge is 2.30. The maximum Gasteiger partial charge on any atom is 0.242 e. The number of carbonyl (C=O) groups excluding carboxylic acids is 1. The van der Waals surface area contributed by atoms with Gasteiger partial charge in [0.25, 0.3) is 0 Å². The van der Waals surface area contributed by atoms with Crippen LogP contribution < -0.4 is 20.9 Å². The Balaban J connectivity index is 1.53. The minimum atomic E-state index is -0.329. The maximum atomic E-state index is 12.8. The van der Waals surface area contributed by atoms with Crippen molar-refractivity contribution in [3.63, 3.8) is 0 Å². The van der Waals surface area contributed by atoms with E-state index in [0.29, 0.717) is 17.9 Å². The average molecular weight is 348 g/mol. The summed E-state index contributed by atoms with van der Waals surface area (Å²) in [6.45, 7) is 0. The van der Waals surface area contributed by atoms with E-state index >= 15 is 0 Å². The number of amides is 1. The molecule has 2 atom stereocenters. The first-order valence-corrected chi connectivity index (χ1v) is 8.54. The number of benzene rings is 2. The van der Waals surface area contributed by atoms with Crippen LogP contribution in [0.15, 0.2) is 60.8 Å². The summed E-state index contributed by atoms with van der Waals surface area (Å²) < 4.78 is 5.34. The lowest BCUT2D eigenvalue weighted by molar-refractivity contribution is -0.117. The van der Waals surface area contributed by atoms with E-state index in [4.69, 9.17) is 4.74 Å². The summed E-state index contributed by atoms with van der Waals surface area (Å²) in [7, 11) is 1.61. The Kier molecular flexibility index (Phi) is 4.51. The number of rotatable bonds is 4. The molecule has 1 aromatic heterocycles. The molecule has 0 aliphatic carbocycles. The van der Waals surface area contributed by atoms with E-state index < -0.39 is 0 Å². The number of aromatic nitrogens is 1. The van der Waals surface area contributed by atoms with Crippen molar-refractivity contribution >= 4 is 22.5 Å². The first kappa shape index (κ1) is 16.5. The molecule has 0 bridgehead atoms. The zero-order chi connectivity index (χ0) is 17.9. The second-order valence-corrected chi connectivity index (χ2v) is 6.28. The van der Waals surface area contributed by atoms with Gasteiger partial charge in [-0.2, -0.15) is 0 Å². The van der Waals surface area contributed by atoms with Crippen molar-refractivity contribution in [1.82, 2.24) is 15.8 Å². The first-order chi connectivity index (χ1) is 12.7. The Morgan fingerprint density at radius 1 is 1.15 bits per heavy atom. The van der Waals surface area contributed by atoms with Crippen molar-refractivity contribution < 1.29 is 9.53 Å². The monoisotopic (exact) mass is 348 g/mol. The molecule has 2 heterocycles. The molecule has 3 N–H and O–H groups in total. The van der Waals surface area contributed by atoms with Gasteiger partial charge in [0.05, 0.1) is 18.3 Å². The number of nitrogens with zero attached hydrogens (tertiary/aromatic N) is 1. The Bertz CT molecular complexity index is 930. The number of ether oxygens (including phenoxy) is 1. The minimum absolute atomic E-state index is 0.101. The molecule has 0 radical (unpaired) electrons. The zero-order valence-electron chi connectivity index (χ0n) is 14.4. The number of pyridine rings is 1. The Morgan fingerprint density at radius 2 is 2.00 bits per heavy atom. The molecule has 1 fully saturated rings. The summed E-state index contributed by atoms with van der Waals surface area (Å²) >= 11 is 0. The number of nitrogens with one attached hydrogen (secondary N) is 3. The third-order valence-electron chi connectivity index (χ3n) is 4.59. The fourth-order valence-corrected chi connectivity index (χ4v) is 3.23. The first-order valence-electron chi connectivity index (χ1n) is 8.54. The SMILES string of the molecule is COc1cc(NC(=O)C2CC(c3ccccc3)NN2)c2ncccc2c1. The fourth-order valence-electron chi connectivity index (χ4n) is 3.23. The second kappa shape index (κ2) is 7.11. The predicted octanol–water partition coefficient (Wildman–Crippen LogP) is 2.79. The fraction of sp³-hybridized carbons (Fsp3) is 0.200. The van der Waals surface area contributed by atoms with Gasteiger partial charge in [0.15, 0.2) is 0 Å². The van der Waals surface area contributed by atoms with E-state index in [-0.39, 0.29) is 18.0 Å². The van der Waals surface area contributed by atoms with Crippen LogP contribution in [-0.4, -0.2) is 24.0 Å². The van der Waals surface area contributed by atoms with Crippen molar-refractivity contribution in [3.05, 3.63) is 66.4 Å². The lowest BCUT2D eigenvalue weighted by Crippen LogP contribution is -2.39. The standard InChI is InChI=1S/C20H20N4O2/c1-26-15-10-14-8-5-9-21-19(14)17(11-15)22-20(25)18-12-16(23-24-18)13-6-3-2-4-7-13/h2-11,16,18,23-24H,12H2,1H3,(H,22,25). The molecule has 6 nitrogen and oxygen atoms in total. The van der Waals surface area contributed by atoms with E-state index in [2.05, 4.69) is 33.3 Å². The number of carbonyl (C=O) groups is 1. The van der Waals surface area contributed by atoms with Crippen LogP contribution in [0.3, 0.4) is 0 Å². The van der Waals surface area contributed by atoms with Gasteiger partial charge in [0.2, 0.25) is 5.91 Å². The van der Waals surface area contributed by atoms with Gasteiger partial charge in [0, 0.05) is 23.7 Å². The number of methoxy groups -OCH3 is 1. The van der Waals surface area contributed by atoms with Crippen molar-refractivity contribution in [2.24, 2.45) is 0 Å². The molecule has 26 heavy (non-hydrogen) atoms. The van der Waals surface area contributed by atoms with Gasteiger partial charge in [-0.15, -0.1) is 0 Å². The van der Waals surface area contributed by atoms with E-state index in [1.165, 1.54) is 0 Å². The van der Waals surface area contributed by atoms with Crippen LogP contribution in [-0.2, 0) is 4.79 Å². The Morgan fingerprint density at radius 3 is 2.81 bits per heavy atom. The zero-order valence-corrected chi connectivity index (χ0v) is 14.4. The molecule has 132 valence electrons. The summed E-state index contributed by atoms with van der Waals surface area (Å²) in [4.78, 5) is 17.1. The smallest absolute Gasteiger partial charge is 0.242 e. The summed E-state index contributed by atoms with van der Waals surface area (Å²) in [5.41, 5.74) is 8.83. The van der Waals surface area contributed by atoms with Crippen LogP contribution in [0.2, 0.25) is 0 Å². The number of anilines is 1. The normalized spacial score (nSPS) is 19.4. The molecule has 1 amide bonds. The van der Waals surface area contributed by atoms with Gasteiger partial charge in [-0.3, -0.25) is 9.78 Å². The highest BCUT2D eigenvalue weighted by atomic mass is 16.5. The molecule has 1 saturated heterocycles.